The summed E-state index contributed by atoms with van der Waals surface area (Å²) < 4.78 is 0. The van der Waals surface area contributed by atoms with Crippen molar-refractivity contribution < 1.29 is 0 Å². The molecule has 1 saturated carbocycles. The zero-order valence-electron chi connectivity index (χ0n) is 7.43. The van der Waals surface area contributed by atoms with Gasteiger partial charge in [-0.25, -0.2) is 0 Å². The van der Waals surface area contributed by atoms with Gasteiger partial charge >= 0.3 is 0 Å². The van der Waals surface area contributed by atoms with E-state index in [9.17, 15) is 0 Å². The summed E-state index contributed by atoms with van der Waals surface area (Å²) in [7, 11) is 2.01. The Hall–Kier alpha value is -0.480. The fourth-order valence-corrected chi connectivity index (χ4v) is 1.83. The van der Waals surface area contributed by atoms with Crippen LogP contribution in [0.1, 0.15) is 26.2 Å². The molecule has 62 valence electrons. The van der Waals surface area contributed by atoms with Crippen LogP contribution in [0.5, 0.6) is 0 Å². The zero-order chi connectivity index (χ0) is 8.27. The largest absolute Gasteiger partial charge is 0.316 e. The van der Waals surface area contributed by atoms with E-state index in [1.165, 1.54) is 12.8 Å². The zero-order valence-corrected chi connectivity index (χ0v) is 7.43. The van der Waals surface area contributed by atoms with Crippen LogP contribution in [0, 0.1) is 24.2 Å². The van der Waals surface area contributed by atoms with E-state index in [4.69, 9.17) is 6.42 Å². The molecule has 1 N–H and O–H groups in total. The van der Waals surface area contributed by atoms with Gasteiger partial charge in [-0.3, -0.25) is 0 Å². The molecule has 1 rings (SSSR count). The van der Waals surface area contributed by atoms with E-state index in [-0.39, 0.29) is 0 Å². The molecule has 3 atom stereocenters. The van der Waals surface area contributed by atoms with Gasteiger partial charge < -0.3 is 5.32 Å². The quantitative estimate of drug-likeness (QED) is 0.602. The SMILES string of the molecule is C#CCC(NC)[C@@H]1C[C@H]1CC. The maximum atomic E-state index is 5.27. The lowest BCUT2D eigenvalue weighted by molar-refractivity contribution is 0.480. The third-order valence-corrected chi connectivity index (χ3v) is 2.73. The molecule has 11 heavy (non-hydrogen) atoms. The van der Waals surface area contributed by atoms with Crippen LogP contribution in [-0.4, -0.2) is 13.1 Å². The number of nitrogens with one attached hydrogen (secondary N) is 1. The van der Waals surface area contributed by atoms with Gasteiger partial charge in [0.15, 0.2) is 0 Å². The predicted molar refractivity (Wildman–Crippen MR) is 48.2 cm³/mol. The van der Waals surface area contributed by atoms with Gasteiger partial charge in [-0.2, -0.15) is 0 Å². The van der Waals surface area contributed by atoms with Crippen LogP contribution in [0.3, 0.4) is 0 Å². The van der Waals surface area contributed by atoms with Crippen molar-refractivity contribution in [3.63, 3.8) is 0 Å². The molecule has 0 aliphatic heterocycles. The third kappa shape index (κ3) is 1.97. The Kier molecular flexibility index (Phi) is 2.96. The van der Waals surface area contributed by atoms with Crippen LogP contribution in [-0.2, 0) is 0 Å². The van der Waals surface area contributed by atoms with E-state index in [1.54, 1.807) is 0 Å². The van der Waals surface area contributed by atoms with E-state index in [0.29, 0.717) is 6.04 Å². The Balaban J connectivity index is 2.29. The first-order chi connectivity index (χ1) is 5.33. The van der Waals surface area contributed by atoms with Gasteiger partial charge in [0.1, 0.15) is 0 Å². The van der Waals surface area contributed by atoms with E-state index in [0.717, 1.165) is 18.3 Å². The van der Waals surface area contributed by atoms with Crippen LogP contribution < -0.4 is 5.32 Å². The normalized spacial score (nSPS) is 31.0. The molecular formula is C10H17N. The lowest BCUT2D eigenvalue weighted by Gasteiger charge is -2.11. The van der Waals surface area contributed by atoms with E-state index >= 15 is 0 Å². The van der Waals surface area contributed by atoms with Crippen molar-refractivity contribution in [3.05, 3.63) is 0 Å². The van der Waals surface area contributed by atoms with Crippen molar-refractivity contribution in [2.75, 3.05) is 7.05 Å². The Bertz CT molecular complexity index is 157. The van der Waals surface area contributed by atoms with Gasteiger partial charge in [-0.1, -0.05) is 13.3 Å². The maximum absolute atomic E-state index is 5.27. The fourth-order valence-electron chi connectivity index (χ4n) is 1.83. The number of hydrogen-bond acceptors (Lipinski definition) is 1. The highest BCUT2D eigenvalue weighted by Crippen LogP contribution is 2.44. The summed E-state index contributed by atoms with van der Waals surface area (Å²) in [6, 6.07) is 0.574. The van der Waals surface area contributed by atoms with Crippen LogP contribution >= 0.6 is 0 Å². The van der Waals surface area contributed by atoms with E-state index in [2.05, 4.69) is 18.2 Å². The molecule has 1 aliphatic carbocycles. The summed E-state index contributed by atoms with van der Waals surface area (Å²) in [6.45, 7) is 2.26. The second-order valence-electron chi connectivity index (χ2n) is 3.37. The molecule has 0 radical (unpaired) electrons. The van der Waals surface area contributed by atoms with Crippen LogP contribution in [0.15, 0.2) is 0 Å². The minimum atomic E-state index is 0.574. The standard InChI is InChI=1S/C10H17N/c1-4-6-10(11-3)9-7-8(9)5-2/h1,8-11H,5-7H2,2-3H3/t8-,9-,10?/m1/s1. The Morgan fingerprint density at radius 1 is 1.73 bits per heavy atom. The van der Waals surface area contributed by atoms with Gasteiger partial charge in [0.25, 0.3) is 0 Å². The fraction of sp³-hybridized carbons (Fsp3) is 0.800. The molecule has 0 spiro atoms. The molecule has 0 aromatic carbocycles. The van der Waals surface area contributed by atoms with Crippen molar-refractivity contribution in [2.24, 2.45) is 11.8 Å². The van der Waals surface area contributed by atoms with Crippen molar-refractivity contribution >= 4 is 0 Å². The van der Waals surface area contributed by atoms with E-state index in [1.807, 2.05) is 7.05 Å². The first-order valence-corrected chi connectivity index (χ1v) is 4.44. The van der Waals surface area contributed by atoms with Crippen molar-refractivity contribution in [3.8, 4) is 12.3 Å². The molecule has 0 amide bonds. The molecule has 1 fully saturated rings. The minimum Gasteiger partial charge on any atom is -0.316 e. The van der Waals surface area contributed by atoms with Gasteiger partial charge in [0, 0.05) is 12.5 Å². The number of hydrogen-bond donors (Lipinski definition) is 1. The smallest absolute Gasteiger partial charge is 0.0243 e. The monoisotopic (exact) mass is 151 g/mol. The Labute approximate surface area is 69.6 Å². The topological polar surface area (TPSA) is 12.0 Å². The molecule has 0 aromatic heterocycles. The molecule has 0 heterocycles. The highest BCUT2D eigenvalue weighted by Gasteiger charge is 2.40. The molecular weight excluding hydrogens is 134 g/mol. The van der Waals surface area contributed by atoms with Crippen LogP contribution in [0.2, 0.25) is 0 Å². The Morgan fingerprint density at radius 2 is 2.45 bits per heavy atom. The van der Waals surface area contributed by atoms with Gasteiger partial charge in [0.05, 0.1) is 0 Å². The Morgan fingerprint density at radius 3 is 2.82 bits per heavy atom. The summed E-state index contributed by atoms with van der Waals surface area (Å²) in [5.41, 5.74) is 0. The number of rotatable bonds is 4. The molecule has 0 saturated heterocycles. The highest BCUT2D eigenvalue weighted by molar-refractivity contribution is 4.99. The summed E-state index contributed by atoms with van der Waals surface area (Å²) in [5, 5.41) is 3.29. The lowest BCUT2D eigenvalue weighted by atomic mass is 10.1. The predicted octanol–water partition coefficient (Wildman–Crippen LogP) is 1.64. The van der Waals surface area contributed by atoms with Gasteiger partial charge in [-0.05, 0) is 25.3 Å². The molecule has 1 aliphatic rings. The second kappa shape index (κ2) is 3.78. The third-order valence-electron chi connectivity index (χ3n) is 2.73. The number of terminal acetylenes is 1. The van der Waals surface area contributed by atoms with Gasteiger partial charge in [0.2, 0.25) is 0 Å². The summed E-state index contributed by atoms with van der Waals surface area (Å²) in [5.74, 6) is 4.53. The summed E-state index contributed by atoms with van der Waals surface area (Å²) >= 11 is 0. The average molecular weight is 151 g/mol. The molecule has 0 bridgehead atoms. The highest BCUT2D eigenvalue weighted by atomic mass is 14.9. The molecule has 1 unspecified atom stereocenters. The summed E-state index contributed by atoms with van der Waals surface area (Å²) in [6.07, 6.45) is 8.85. The first kappa shape index (κ1) is 8.62. The first-order valence-electron chi connectivity index (χ1n) is 4.44. The molecule has 1 nitrogen and oxygen atoms in total. The van der Waals surface area contributed by atoms with Crippen molar-refractivity contribution in [1.29, 1.82) is 0 Å². The van der Waals surface area contributed by atoms with Gasteiger partial charge in [-0.15, -0.1) is 12.3 Å². The molecule has 1 heteroatoms. The maximum Gasteiger partial charge on any atom is 0.0243 e. The minimum absolute atomic E-state index is 0.574. The summed E-state index contributed by atoms with van der Waals surface area (Å²) in [4.78, 5) is 0. The van der Waals surface area contributed by atoms with E-state index < -0.39 is 0 Å². The lowest BCUT2D eigenvalue weighted by Crippen LogP contribution is -2.27. The second-order valence-corrected chi connectivity index (χ2v) is 3.37. The van der Waals surface area contributed by atoms with Crippen molar-refractivity contribution in [1.82, 2.24) is 5.32 Å². The van der Waals surface area contributed by atoms with Crippen LogP contribution in [0.4, 0.5) is 0 Å². The molecule has 0 aromatic rings. The van der Waals surface area contributed by atoms with Crippen LogP contribution in [0.25, 0.3) is 0 Å². The van der Waals surface area contributed by atoms with Crippen molar-refractivity contribution in [2.45, 2.75) is 32.2 Å². The average Bonchev–Trinajstić information content (AvgIpc) is 2.79.